The predicted molar refractivity (Wildman–Crippen MR) is 80.9 cm³/mol. The summed E-state index contributed by atoms with van der Waals surface area (Å²) in [5.74, 6) is 0.507. The van der Waals surface area contributed by atoms with E-state index >= 15 is 0 Å². The van der Waals surface area contributed by atoms with Crippen LogP contribution in [0.5, 0.6) is 0 Å². The van der Waals surface area contributed by atoms with Crippen LogP contribution in [0.2, 0.25) is 0 Å². The van der Waals surface area contributed by atoms with Crippen molar-refractivity contribution in [2.24, 2.45) is 11.8 Å². The van der Waals surface area contributed by atoms with Crippen molar-refractivity contribution in [1.29, 1.82) is 0 Å². The molecule has 3 amide bonds. The Morgan fingerprint density at radius 2 is 1.55 bits per heavy atom. The number of piperazine rings is 1. The molecule has 0 N–H and O–H groups in total. The maximum absolute atomic E-state index is 12.6. The van der Waals surface area contributed by atoms with Crippen LogP contribution in [0.4, 0.5) is 0 Å². The van der Waals surface area contributed by atoms with E-state index in [9.17, 15) is 14.4 Å². The molecule has 1 atom stereocenters. The fourth-order valence-corrected chi connectivity index (χ4v) is 3.42. The van der Waals surface area contributed by atoms with Gasteiger partial charge in [-0.2, -0.15) is 0 Å². The molecule has 2 heterocycles. The molecule has 6 nitrogen and oxygen atoms in total. The maximum atomic E-state index is 12.6. The SMILES string of the molecule is CCCN1CC(C(=O)N2CCN(C(=O)C3CC3)CC2)CC1=O. The summed E-state index contributed by atoms with van der Waals surface area (Å²) in [4.78, 5) is 42.0. The molecule has 1 unspecified atom stereocenters. The van der Waals surface area contributed by atoms with Crippen LogP contribution in [0.3, 0.4) is 0 Å². The Labute approximate surface area is 131 Å². The molecule has 0 spiro atoms. The molecule has 6 heteroatoms. The van der Waals surface area contributed by atoms with E-state index in [1.807, 2.05) is 16.7 Å². The first kappa shape index (κ1) is 15.3. The number of likely N-dealkylation sites (tertiary alicyclic amines) is 1. The summed E-state index contributed by atoms with van der Waals surface area (Å²) in [6.07, 6.45) is 3.32. The van der Waals surface area contributed by atoms with Crippen LogP contribution in [0, 0.1) is 11.8 Å². The number of carbonyl (C=O) groups is 3. The molecule has 1 saturated carbocycles. The van der Waals surface area contributed by atoms with Gasteiger partial charge in [-0.1, -0.05) is 6.92 Å². The summed E-state index contributed by atoms with van der Waals surface area (Å²) in [5, 5.41) is 0. The monoisotopic (exact) mass is 307 g/mol. The van der Waals surface area contributed by atoms with Gasteiger partial charge in [-0.15, -0.1) is 0 Å². The molecule has 3 fully saturated rings. The van der Waals surface area contributed by atoms with Crippen LogP contribution in [-0.4, -0.2) is 71.7 Å². The van der Waals surface area contributed by atoms with Crippen LogP contribution in [0.15, 0.2) is 0 Å². The van der Waals surface area contributed by atoms with E-state index in [1.54, 1.807) is 4.90 Å². The highest BCUT2D eigenvalue weighted by Gasteiger charge is 2.38. The molecule has 0 aromatic rings. The third-order valence-corrected chi connectivity index (χ3v) is 4.89. The van der Waals surface area contributed by atoms with E-state index < -0.39 is 0 Å². The van der Waals surface area contributed by atoms with Gasteiger partial charge in [0.05, 0.1) is 5.92 Å². The zero-order valence-corrected chi connectivity index (χ0v) is 13.3. The summed E-state index contributed by atoms with van der Waals surface area (Å²) in [7, 11) is 0. The van der Waals surface area contributed by atoms with Gasteiger partial charge in [-0.3, -0.25) is 14.4 Å². The molecule has 2 aliphatic heterocycles. The van der Waals surface area contributed by atoms with Gasteiger partial charge in [0.1, 0.15) is 0 Å². The van der Waals surface area contributed by atoms with Crippen LogP contribution >= 0.6 is 0 Å². The van der Waals surface area contributed by atoms with E-state index in [2.05, 4.69) is 0 Å². The minimum absolute atomic E-state index is 0.0884. The van der Waals surface area contributed by atoms with Crippen molar-refractivity contribution in [2.75, 3.05) is 39.3 Å². The van der Waals surface area contributed by atoms with Crippen molar-refractivity contribution in [2.45, 2.75) is 32.6 Å². The van der Waals surface area contributed by atoms with Crippen molar-refractivity contribution in [3.8, 4) is 0 Å². The van der Waals surface area contributed by atoms with E-state index in [0.29, 0.717) is 39.1 Å². The fraction of sp³-hybridized carbons (Fsp3) is 0.812. The summed E-state index contributed by atoms with van der Waals surface area (Å²) in [6, 6.07) is 0. The molecule has 3 aliphatic rings. The zero-order valence-electron chi connectivity index (χ0n) is 13.3. The highest BCUT2D eigenvalue weighted by Crippen LogP contribution is 2.31. The van der Waals surface area contributed by atoms with Crippen molar-refractivity contribution < 1.29 is 14.4 Å². The summed E-state index contributed by atoms with van der Waals surface area (Å²) in [6.45, 7) is 5.84. The first-order chi connectivity index (χ1) is 10.6. The van der Waals surface area contributed by atoms with Gasteiger partial charge in [0.2, 0.25) is 17.7 Å². The Kier molecular flexibility index (Phi) is 4.36. The first-order valence-electron chi connectivity index (χ1n) is 8.45. The fourth-order valence-electron chi connectivity index (χ4n) is 3.42. The minimum Gasteiger partial charge on any atom is -0.342 e. The Balaban J connectivity index is 1.49. The lowest BCUT2D eigenvalue weighted by atomic mass is 10.1. The van der Waals surface area contributed by atoms with E-state index in [1.165, 1.54) is 0 Å². The van der Waals surface area contributed by atoms with Gasteiger partial charge in [0.15, 0.2) is 0 Å². The molecule has 0 aromatic carbocycles. The second kappa shape index (κ2) is 6.26. The van der Waals surface area contributed by atoms with E-state index in [4.69, 9.17) is 0 Å². The normalized spacial score (nSPS) is 25.8. The van der Waals surface area contributed by atoms with Crippen LogP contribution in [-0.2, 0) is 14.4 Å². The zero-order chi connectivity index (χ0) is 15.7. The molecular weight excluding hydrogens is 282 g/mol. The van der Waals surface area contributed by atoms with E-state index in [0.717, 1.165) is 25.8 Å². The average Bonchev–Trinajstić information content (AvgIpc) is 3.31. The molecule has 3 rings (SSSR count). The van der Waals surface area contributed by atoms with Crippen molar-refractivity contribution >= 4 is 17.7 Å². The third kappa shape index (κ3) is 3.10. The topological polar surface area (TPSA) is 60.9 Å². The predicted octanol–water partition coefficient (Wildman–Crippen LogP) is 0.326. The van der Waals surface area contributed by atoms with Crippen LogP contribution < -0.4 is 0 Å². The molecule has 1 aliphatic carbocycles. The highest BCUT2D eigenvalue weighted by atomic mass is 16.2. The van der Waals surface area contributed by atoms with Crippen molar-refractivity contribution in [1.82, 2.24) is 14.7 Å². The lowest BCUT2D eigenvalue weighted by Gasteiger charge is -2.36. The summed E-state index contributed by atoms with van der Waals surface area (Å²) < 4.78 is 0. The molecule has 122 valence electrons. The van der Waals surface area contributed by atoms with Crippen LogP contribution in [0.25, 0.3) is 0 Å². The molecule has 0 aromatic heterocycles. The molecule has 22 heavy (non-hydrogen) atoms. The van der Waals surface area contributed by atoms with Gasteiger partial charge in [0, 0.05) is 51.6 Å². The largest absolute Gasteiger partial charge is 0.342 e. The molecule has 2 saturated heterocycles. The minimum atomic E-state index is -0.190. The maximum Gasteiger partial charge on any atom is 0.228 e. The van der Waals surface area contributed by atoms with Gasteiger partial charge in [-0.25, -0.2) is 0 Å². The van der Waals surface area contributed by atoms with Crippen molar-refractivity contribution in [3.63, 3.8) is 0 Å². The third-order valence-electron chi connectivity index (χ3n) is 4.89. The van der Waals surface area contributed by atoms with Gasteiger partial charge >= 0.3 is 0 Å². The highest BCUT2D eigenvalue weighted by molar-refractivity contribution is 5.89. The number of rotatable bonds is 4. The van der Waals surface area contributed by atoms with E-state index in [-0.39, 0.29) is 29.6 Å². The summed E-state index contributed by atoms with van der Waals surface area (Å²) >= 11 is 0. The lowest BCUT2D eigenvalue weighted by molar-refractivity contribution is -0.142. The Morgan fingerprint density at radius 3 is 2.05 bits per heavy atom. The van der Waals surface area contributed by atoms with Crippen LogP contribution in [0.1, 0.15) is 32.6 Å². The number of nitrogens with zero attached hydrogens (tertiary/aromatic N) is 3. The van der Waals surface area contributed by atoms with Gasteiger partial charge in [-0.05, 0) is 19.3 Å². The lowest BCUT2D eigenvalue weighted by Crippen LogP contribution is -2.52. The summed E-state index contributed by atoms with van der Waals surface area (Å²) in [5.41, 5.74) is 0. The molecular formula is C16H25N3O3. The second-order valence-corrected chi connectivity index (χ2v) is 6.67. The van der Waals surface area contributed by atoms with Gasteiger partial charge in [0.25, 0.3) is 0 Å². The molecule has 0 bridgehead atoms. The second-order valence-electron chi connectivity index (χ2n) is 6.67. The first-order valence-corrected chi connectivity index (χ1v) is 8.45. The Hall–Kier alpha value is -1.59. The standard InChI is InChI=1S/C16H25N3O3/c1-2-5-19-11-13(10-14(19)20)16(22)18-8-6-17(7-9-18)15(21)12-3-4-12/h12-13H,2-11H2,1H3. The number of hydrogen-bond acceptors (Lipinski definition) is 3. The Bertz CT molecular complexity index is 467. The Morgan fingerprint density at radius 1 is 1.00 bits per heavy atom. The average molecular weight is 307 g/mol. The van der Waals surface area contributed by atoms with Crippen molar-refractivity contribution in [3.05, 3.63) is 0 Å². The van der Waals surface area contributed by atoms with Gasteiger partial charge < -0.3 is 14.7 Å². The number of amides is 3. The number of hydrogen-bond donors (Lipinski definition) is 0. The number of carbonyl (C=O) groups excluding carboxylic acids is 3. The quantitative estimate of drug-likeness (QED) is 0.752. The molecule has 0 radical (unpaired) electrons. The smallest absolute Gasteiger partial charge is 0.228 e.